The van der Waals surface area contributed by atoms with Gasteiger partial charge in [-0.25, -0.2) is 23.7 Å². The minimum atomic E-state index is -4.65. The van der Waals surface area contributed by atoms with Crippen molar-refractivity contribution in [3.8, 4) is 23.0 Å². The maximum Gasteiger partial charge on any atom is 0.416 e. The number of alkyl halides is 3. The van der Waals surface area contributed by atoms with Gasteiger partial charge in [-0.2, -0.15) is 23.3 Å². The zero-order valence-corrected chi connectivity index (χ0v) is 22.9. The number of ether oxygens (including phenoxy) is 1. The van der Waals surface area contributed by atoms with Gasteiger partial charge in [0.2, 0.25) is 5.82 Å². The van der Waals surface area contributed by atoms with E-state index in [0.29, 0.717) is 11.6 Å². The van der Waals surface area contributed by atoms with E-state index in [1.807, 2.05) is 0 Å². The second-order valence-electron chi connectivity index (χ2n) is 10.2. The molecule has 3 aromatic heterocycles. The van der Waals surface area contributed by atoms with E-state index in [9.17, 15) is 27.2 Å². The number of halogens is 4. The Morgan fingerprint density at radius 1 is 1.05 bits per heavy atom. The van der Waals surface area contributed by atoms with E-state index >= 15 is 0 Å². The number of rotatable bonds is 5. The molecule has 222 valence electrons. The van der Waals surface area contributed by atoms with E-state index in [-0.39, 0.29) is 45.7 Å². The van der Waals surface area contributed by atoms with Crippen molar-refractivity contribution in [2.24, 2.45) is 0 Å². The van der Waals surface area contributed by atoms with E-state index in [4.69, 9.17) is 9.26 Å². The second-order valence-corrected chi connectivity index (χ2v) is 10.2. The summed E-state index contributed by atoms with van der Waals surface area (Å²) in [6, 6.07) is 6.10. The third-order valence-corrected chi connectivity index (χ3v) is 5.82. The third kappa shape index (κ3) is 6.27. The van der Waals surface area contributed by atoms with Crippen molar-refractivity contribution in [2.75, 3.05) is 10.6 Å². The number of anilines is 2. The van der Waals surface area contributed by atoms with Gasteiger partial charge >= 0.3 is 12.3 Å². The zero-order valence-electron chi connectivity index (χ0n) is 22.9. The molecule has 0 aliphatic heterocycles. The Hall–Kier alpha value is -5.41. The normalized spacial score (nSPS) is 11.9. The molecule has 0 aliphatic carbocycles. The molecule has 0 spiro atoms. The average Bonchev–Trinajstić information content (AvgIpc) is 3.56. The molecule has 0 fully saturated rings. The Morgan fingerprint density at radius 3 is 2.53 bits per heavy atom. The van der Waals surface area contributed by atoms with Gasteiger partial charge in [-0.3, -0.25) is 10.1 Å². The Kier molecular flexibility index (Phi) is 7.29. The number of hydrogen-bond acceptors (Lipinski definition) is 9. The van der Waals surface area contributed by atoms with Crippen LogP contribution in [0.4, 0.5) is 33.9 Å². The predicted octanol–water partition coefficient (Wildman–Crippen LogP) is 5.91. The molecule has 2 amide bonds. The van der Waals surface area contributed by atoms with Crippen molar-refractivity contribution in [3.63, 3.8) is 0 Å². The topological polar surface area (TPSA) is 149 Å². The summed E-state index contributed by atoms with van der Waals surface area (Å²) in [5.41, 5.74) is -1.34. The van der Waals surface area contributed by atoms with E-state index in [1.54, 1.807) is 27.7 Å². The van der Waals surface area contributed by atoms with Crippen LogP contribution >= 0.6 is 0 Å². The quantitative estimate of drug-likeness (QED) is 0.236. The first kappa shape index (κ1) is 29.1. The lowest BCUT2D eigenvalue weighted by molar-refractivity contribution is -0.137. The van der Waals surface area contributed by atoms with Gasteiger partial charge in [0.05, 0.1) is 17.4 Å². The van der Waals surface area contributed by atoms with Crippen molar-refractivity contribution < 1.29 is 36.4 Å². The maximum absolute atomic E-state index is 14.8. The molecular weight excluding hydrogens is 576 g/mol. The molecule has 43 heavy (non-hydrogen) atoms. The summed E-state index contributed by atoms with van der Waals surface area (Å²) in [7, 11) is 0. The van der Waals surface area contributed by atoms with Gasteiger partial charge < -0.3 is 14.6 Å². The van der Waals surface area contributed by atoms with Crippen LogP contribution in [0.2, 0.25) is 0 Å². The molecule has 3 heterocycles. The third-order valence-electron chi connectivity index (χ3n) is 5.82. The summed E-state index contributed by atoms with van der Waals surface area (Å²) in [4.78, 5) is 37.5. The smallest absolute Gasteiger partial charge is 0.416 e. The zero-order chi connectivity index (χ0) is 31.1. The van der Waals surface area contributed by atoms with Gasteiger partial charge in [0.25, 0.3) is 11.8 Å². The molecule has 0 aliphatic rings. The SMILES string of the molecule is Cc1cc(F)c(NC(=O)c2cccc(C(F)(F)F)c2)cc1-c1noc(-c2cnc3c(NC(=O)OC(C)(C)C)ncnn23)n1. The minimum absolute atomic E-state index is 0.0122. The second kappa shape index (κ2) is 10.8. The Bertz CT molecular complexity index is 1860. The molecule has 0 saturated heterocycles. The molecule has 0 saturated carbocycles. The number of fused-ring (bicyclic) bond motifs is 1. The molecular formula is C27H22F4N8O4. The van der Waals surface area contributed by atoms with Crippen LogP contribution in [0.5, 0.6) is 0 Å². The van der Waals surface area contributed by atoms with E-state index in [0.717, 1.165) is 18.2 Å². The lowest BCUT2D eigenvalue weighted by Gasteiger charge is -2.19. The molecule has 16 heteroatoms. The minimum Gasteiger partial charge on any atom is -0.444 e. The highest BCUT2D eigenvalue weighted by Crippen LogP contribution is 2.32. The number of carbonyl (C=O) groups excluding carboxylic acids is 2. The first-order valence-electron chi connectivity index (χ1n) is 12.5. The summed E-state index contributed by atoms with van der Waals surface area (Å²) >= 11 is 0. The standard InChI is InChI=1S/C27H22F4N8O4/c1-13-8-17(28)18(35-23(40)14-6-5-7-15(9-14)27(29,30)31)10-16(13)20-36-24(43-38-20)19-11-32-22-21(33-12-34-39(19)22)37-25(41)42-26(2,3)4/h5-12H,1-4H3,(H,35,40)(H,33,34,37,41). The molecule has 0 atom stereocenters. The van der Waals surface area contributed by atoms with Crippen LogP contribution in [0, 0.1) is 12.7 Å². The number of imidazole rings is 1. The lowest BCUT2D eigenvalue weighted by atomic mass is 10.1. The molecule has 0 bridgehead atoms. The first-order valence-corrected chi connectivity index (χ1v) is 12.5. The summed E-state index contributed by atoms with van der Waals surface area (Å²) < 4.78 is 65.9. The number of benzene rings is 2. The molecule has 2 aromatic carbocycles. The molecule has 5 rings (SSSR count). The number of hydrogen-bond donors (Lipinski definition) is 2. The first-order chi connectivity index (χ1) is 20.2. The van der Waals surface area contributed by atoms with Crippen LogP contribution in [-0.2, 0) is 10.9 Å². The maximum atomic E-state index is 14.8. The summed E-state index contributed by atoms with van der Waals surface area (Å²) in [6.07, 6.45) is -2.87. The summed E-state index contributed by atoms with van der Waals surface area (Å²) in [6.45, 7) is 6.69. The van der Waals surface area contributed by atoms with Crippen LogP contribution in [-0.4, -0.2) is 47.3 Å². The number of nitrogens with one attached hydrogen (secondary N) is 2. The Morgan fingerprint density at radius 2 is 1.81 bits per heavy atom. The monoisotopic (exact) mass is 598 g/mol. The van der Waals surface area contributed by atoms with Gasteiger partial charge in [0.15, 0.2) is 17.2 Å². The number of aromatic nitrogens is 6. The van der Waals surface area contributed by atoms with Gasteiger partial charge in [0, 0.05) is 11.1 Å². The molecule has 0 radical (unpaired) electrons. The van der Waals surface area contributed by atoms with Crippen molar-refractivity contribution >= 4 is 29.2 Å². The van der Waals surface area contributed by atoms with Crippen LogP contribution in [0.25, 0.3) is 28.6 Å². The summed E-state index contributed by atoms with van der Waals surface area (Å²) in [5.74, 6) is -1.74. The predicted molar refractivity (Wildman–Crippen MR) is 143 cm³/mol. The fourth-order valence-corrected chi connectivity index (χ4v) is 3.93. The highest BCUT2D eigenvalue weighted by Gasteiger charge is 2.31. The van der Waals surface area contributed by atoms with Gasteiger partial charge in [0.1, 0.15) is 17.7 Å². The van der Waals surface area contributed by atoms with Crippen LogP contribution in [0.3, 0.4) is 0 Å². The van der Waals surface area contributed by atoms with Crippen LogP contribution < -0.4 is 10.6 Å². The van der Waals surface area contributed by atoms with Crippen LogP contribution in [0.15, 0.2) is 53.4 Å². The summed E-state index contributed by atoms with van der Waals surface area (Å²) in [5, 5.41) is 12.9. The number of amides is 2. The molecule has 5 aromatic rings. The van der Waals surface area contributed by atoms with Gasteiger partial charge in [-0.15, -0.1) is 0 Å². The van der Waals surface area contributed by atoms with Gasteiger partial charge in [-0.1, -0.05) is 11.2 Å². The Balaban J connectivity index is 1.42. The molecule has 12 nitrogen and oxygen atoms in total. The van der Waals surface area contributed by atoms with Crippen molar-refractivity contribution in [1.29, 1.82) is 0 Å². The van der Waals surface area contributed by atoms with Crippen molar-refractivity contribution in [3.05, 3.63) is 71.4 Å². The van der Waals surface area contributed by atoms with E-state index < -0.39 is 35.2 Å². The van der Waals surface area contributed by atoms with E-state index in [1.165, 1.54) is 29.2 Å². The van der Waals surface area contributed by atoms with Crippen molar-refractivity contribution in [2.45, 2.75) is 39.5 Å². The average molecular weight is 599 g/mol. The lowest BCUT2D eigenvalue weighted by Crippen LogP contribution is -2.27. The highest BCUT2D eigenvalue weighted by atomic mass is 19.4. The van der Waals surface area contributed by atoms with Crippen molar-refractivity contribution in [1.82, 2.24) is 29.7 Å². The molecule has 2 N–H and O–H groups in total. The van der Waals surface area contributed by atoms with E-state index in [2.05, 4.69) is 35.8 Å². The molecule has 0 unspecified atom stereocenters. The number of carbonyl (C=O) groups is 2. The fraction of sp³-hybridized carbons (Fsp3) is 0.222. The number of nitrogens with zero attached hydrogens (tertiary/aromatic N) is 6. The Labute approximate surface area is 240 Å². The largest absolute Gasteiger partial charge is 0.444 e. The number of aryl methyl sites for hydroxylation is 1. The van der Waals surface area contributed by atoms with Crippen LogP contribution in [0.1, 0.15) is 42.3 Å². The van der Waals surface area contributed by atoms with Gasteiger partial charge in [-0.05, 0) is 63.6 Å². The fourth-order valence-electron chi connectivity index (χ4n) is 3.93. The highest BCUT2D eigenvalue weighted by molar-refractivity contribution is 6.04.